The monoisotopic (exact) mass is 557 g/mol. The number of rotatable bonds is 6. The maximum atomic E-state index is 6.86. The van der Waals surface area contributed by atoms with Gasteiger partial charge in [-0.1, -0.05) is 103 Å². The number of aromatic nitrogens is 1. The largest absolute Gasteiger partial charge is 0.398 e. The molecule has 0 amide bonds. The van der Waals surface area contributed by atoms with Gasteiger partial charge in [0.1, 0.15) is 0 Å². The zero-order valence-electron chi connectivity index (χ0n) is 24.4. The van der Waals surface area contributed by atoms with Gasteiger partial charge in [0.2, 0.25) is 0 Å². The minimum absolute atomic E-state index is 0.116. The normalized spacial score (nSPS) is 14.0. The van der Waals surface area contributed by atoms with Gasteiger partial charge in [0.05, 0.1) is 17.1 Å². The molecular formula is C40H35N3. The Bertz CT molecular complexity index is 2000. The van der Waals surface area contributed by atoms with Crippen molar-refractivity contribution in [2.45, 2.75) is 25.8 Å². The quantitative estimate of drug-likeness (QED) is 0.200. The average Bonchev–Trinajstić information content (AvgIpc) is 3.40. The number of allylic oxidation sites excluding steroid dienone is 3. The first-order valence-corrected chi connectivity index (χ1v) is 15.0. The van der Waals surface area contributed by atoms with Crippen LogP contribution in [0.3, 0.4) is 0 Å². The molecule has 7 rings (SSSR count). The van der Waals surface area contributed by atoms with Gasteiger partial charge in [-0.3, -0.25) is 0 Å². The van der Waals surface area contributed by atoms with Crippen molar-refractivity contribution >= 4 is 33.6 Å². The summed E-state index contributed by atoms with van der Waals surface area (Å²) >= 11 is 0. The highest BCUT2D eigenvalue weighted by molar-refractivity contribution is 6.09. The molecule has 0 saturated carbocycles. The topological polar surface area (TPSA) is 57.0 Å². The molecule has 5 aromatic carbocycles. The zero-order chi connectivity index (χ0) is 29.3. The first-order valence-electron chi connectivity index (χ1n) is 15.0. The maximum absolute atomic E-state index is 6.86. The van der Waals surface area contributed by atoms with Crippen molar-refractivity contribution in [3.8, 4) is 27.9 Å². The summed E-state index contributed by atoms with van der Waals surface area (Å²) < 4.78 is 2.35. The van der Waals surface area contributed by atoms with E-state index in [4.69, 9.17) is 11.5 Å². The van der Waals surface area contributed by atoms with Crippen molar-refractivity contribution in [1.29, 1.82) is 0 Å². The molecule has 3 nitrogen and oxygen atoms in total. The highest BCUT2D eigenvalue weighted by Gasteiger charge is 2.16. The first kappa shape index (κ1) is 26.8. The van der Waals surface area contributed by atoms with Crippen molar-refractivity contribution in [3.05, 3.63) is 150 Å². The fraction of sp³-hybridized carbons (Fsp3) is 0.100. The van der Waals surface area contributed by atoms with E-state index in [0.29, 0.717) is 0 Å². The smallest absolute Gasteiger partial charge is 0.0548 e. The second-order valence-corrected chi connectivity index (χ2v) is 11.2. The summed E-state index contributed by atoms with van der Waals surface area (Å²) in [6.07, 6.45) is 12.9. The molecule has 1 aliphatic rings. The second kappa shape index (κ2) is 11.3. The molecule has 0 aliphatic heterocycles. The molecule has 0 bridgehead atoms. The highest BCUT2D eigenvalue weighted by Crippen LogP contribution is 2.38. The Balaban J connectivity index is 1.32. The molecule has 210 valence electrons. The van der Waals surface area contributed by atoms with Gasteiger partial charge >= 0.3 is 0 Å². The maximum Gasteiger partial charge on any atom is 0.0548 e. The van der Waals surface area contributed by atoms with E-state index in [-0.39, 0.29) is 6.04 Å². The van der Waals surface area contributed by atoms with Crippen molar-refractivity contribution in [1.82, 2.24) is 4.57 Å². The van der Waals surface area contributed by atoms with Crippen molar-refractivity contribution in [2.75, 3.05) is 5.73 Å². The fourth-order valence-corrected chi connectivity index (χ4v) is 6.35. The molecule has 0 spiro atoms. The number of anilines is 1. The number of hydrogen-bond donors (Lipinski definition) is 2. The van der Waals surface area contributed by atoms with Crippen LogP contribution in [-0.2, 0) is 0 Å². The lowest BCUT2D eigenvalue weighted by Crippen LogP contribution is -2.13. The Labute approximate surface area is 253 Å². The van der Waals surface area contributed by atoms with Crippen LogP contribution in [0.15, 0.2) is 139 Å². The number of benzene rings is 5. The number of nitrogen functional groups attached to an aromatic ring is 1. The van der Waals surface area contributed by atoms with Gasteiger partial charge in [-0.05, 0) is 89.6 Å². The van der Waals surface area contributed by atoms with E-state index in [9.17, 15) is 0 Å². The number of hydrogen-bond acceptors (Lipinski definition) is 2. The molecule has 0 radical (unpaired) electrons. The third kappa shape index (κ3) is 4.88. The van der Waals surface area contributed by atoms with Crippen LogP contribution in [0.4, 0.5) is 5.69 Å². The number of nitrogens with two attached hydrogens (primary N) is 2. The van der Waals surface area contributed by atoms with Gasteiger partial charge in [0, 0.05) is 27.7 Å². The molecule has 1 heterocycles. The Morgan fingerprint density at radius 3 is 2.12 bits per heavy atom. The summed E-state index contributed by atoms with van der Waals surface area (Å²) in [7, 11) is 0. The second-order valence-electron chi connectivity index (χ2n) is 11.2. The van der Waals surface area contributed by atoms with E-state index in [1.807, 2.05) is 13.0 Å². The Kier molecular flexibility index (Phi) is 7.02. The number of nitrogens with zero attached hydrogens (tertiary/aromatic N) is 1. The lowest BCUT2D eigenvalue weighted by atomic mass is 9.91. The van der Waals surface area contributed by atoms with Gasteiger partial charge in [-0.25, -0.2) is 0 Å². The van der Waals surface area contributed by atoms with E-state index in [1.54, 1.807) is 0 Å². The van der Waals surface area contributed by atoms with Crippen LogP contribution in [0.25, 0.3) is 55.8 Å². The van der Waals surface area contributed by atoms with E-state index in [0.717, 1.165) is 57.6 Å². The van der Waals surface area contributed by atoms with E-state index in [1.165, 1.54) is 27.4 Å². The summed E-state index contributed by atoms with van der Waals surface area (Å²) in [5, 5.41) is 2.50. The summed E-state index contributed by atoms with van der Waals surface area (Å²) in [4.78, 5) is 0. The zero-order valence-corrected chi connectivity index (χ0v) is 24.4. The van der Waals surface area contributed by atoms with Crippen LogP contribution >= 0.6 is 0 Å². The van der Waals surface area contributed by atoms with Gasteiger partial charge in [0.15, 0.2) is 0 Å². The Morgan fingerprint density at radius 2 is 1.44 bits per heavy atom. The van der Waals surface area contributed by atoms with Crippen LogP contribution in [0.1, 0.15) is 36.9 Å². The predicted octanol–water partition coefficient (Wildman–Crippen LogP) is 10.0. The number of para-hydroxylation sites is 2. The molecule has 4 N–H and O–H groups in total. The van der Waals surface area contributed by atoms with Crippen LogP contribution in [0, 0.1) is 0 Å². The first-order chi connectivity index (χ1) is 21.1. The third-order valence-corrected chi connectivity index (χ3v) is 8.54. The van der Waals surface area contributed by atoms with Crippen LogP contribution < -0.4 is 11.5 Å². The van der Waals surface area contributed by atoms with Gasteiger partial charge in [0.25, 0.3) is 0 Å². The molecule has 0 fully saturated rings. The predicted molar refractivity (Wildman–Crippen MR) is 184 cm³/mol. The van der Waals surface area contributed by atoms with Gasteiger partial charge in [-0.2, -0.15) is 0 Å². The molecule has 43 heavy (non-hydrogen) atoms. The molecule has 6 aromatic rings. The average molecular weight is 558 g/mol. The standard InChI is InChI=1S/C40H35N3/c1-2-11-31-24-32(27-20-22-29(23-21-27)39(41)28-12-4-3-5-13-28)26-36(40(31)42)30-14-10-15-33(25-30)43-37-18-8-6-16-34(37)35-17-7-9-19-38(35)43/h2,4,6-26,39H,3,5,41-42H2,1H3/b11-2-. The lowest BCUT2D eigenvalue weighted by Gasteiger charge is -2.17. The third-order valence-electron chi connectivity index (χ3n) is 8.54. The van der Waals surface area contributed by atoms with E-state index >= 15 is 0 Å². The fourth-order valence-electron chi connectivity index (χ4n) is 6.35. The Morgan fingerprint density at radius 1 is 0.721 bits per heavy atom. The van der Waals surface area contributed by atoms with Crippen LogP contribution in [-0.4, -0.2) is 4.57 Å². The van der Waals surface area contributed by atoms with Crippen LogP contribution in [0.2, 0.25) is 0 Å². The molecule has 1 aromatic heterocycles. The van der Waals surface area contributed by atoms with Crippen LogP contribution in [0.5, 0.6) is 0 Å². The van der Waals surface area contributed by atoms with Crippen molar-refractivity contribution in [3.63, 3.8) is 0 Å². The van der Waals surface area contributed by atoms with Gasteiger partial charge < -0.3 is 16.0 Å². The van der Waals surface area contributed by atoms with E-state index < -0.39 is 0 Å². The molecule has 3 heteroatoms. The van der Waals surface area contributed by atoms with E-state index in [2.05, 4.69) is 138 Å². The summed E-state index contributed by atoms with van der Waals surface area (Å²) in [5.41, 5.74) is 25.4. The van der Waals surface area contributed by atoms with Gasteiger partial charge in [-0.15, -0.1) is 0 Å². The minimum Gasteiger partial charge on any atom is -0.398 e. The summed E-state index contributed by atoms with van der Waals surface area (Å²) in [5.74, 6) is 0. The minimum atomic E-state index is -0.116. The molecule has 0 saturated heterocycles. The highest BCUT2D eigenvalue weighted by atomic mass is 15.0. The number of fused-ring (bicyclic) bond motifs is 3. The van der Waals surface area contributed by atoms with Crippen molar-refractivity contribution < 1.29 is 0 Å². The SMILES string of the molecule is C/C=C\c1cc(-c2ccc(C(N)C3=CCCC=C3)cc2)cc(-c2cccc(-n3c4ccccc4c4ccccc43)c2)c1N. The molecule has 1 atom stereocenters. The summed E-state index contributed by atoms with van der Waals surface area (Å²) in [6.45, 7) is 2.03. The summed E-state index contributed by atoms with van der Waals surface area (Å²) in [6, 6.07) is 38.8. The Hall–Kier alpha value is -5.12. The molecular weight excluding hydrogens is 522 g/mol. The van der Waals surface area contributed by atoms with Crippen molar-refractivity contribution in [2.24, 2.45) is 5.73 Å². The lowest BCUT2D eigenvalue weighted by molar-refractivity contribution is 0.843. The molecule has 1 unspecified atom stereocenters. The molecule has 1 aliphatic carbocycles.